The van der Waals surface area contributed by atoms with E-state index in [2.05, 4.69) is 21.2 Å². The Hall–Kier alpha value is -1.68. The summed E-state index contributed by atoms with van der Waals surface area (Å²) in [6.45, 7) is 0. The molecule has 0 saturated heterocycles. The number of anilines is 1. The van der Waals surface area contributed by atoms with Crippen molar-refractivity contribution < 1.29 is 9.18 Å². The second-order valence-electron chi connectivity index (χ2n) is 3.80. The molecule has 4 heteroatoms. The van der Waals surface area contributed by atoms with Crippen LogP contribution in [0.1, 0.15) is 5.56 Å². The van der Waals surface area contributed by atoms with Crippen LogP contribution in [-0.2, 0) is 11.2 Å². The van der Waals surface area contributed by atoms with E-state index in [0.29, 0.717) is 11.3 Å². The van der Waals surface area contributed by atoms with Gasteiger partial charge >= 0.3 is 0 Å². The maximum Gasteiger partial charge on any atom is 0.228 e. The van der Waals surface area contributed by atoms with Crippen molar-refractivity contribution in [2.75, 3.05) is 5.32 Å². The number of para-hydroxylation sites is 1. The molecule has 0 spiro atoms. The van der Waals surface area contributed by atoms with Gasteiger partial charge in [0.2, 0.25) is 5.91 Å². The van der Waals surface area contributed by atoms with Crippen molar-refractivity contribution in [3.63, 3.8) is 0 Å². The molecule has 0 aliphatic rings. The average Bonchev–Trinajstić information content (AvgIpc) is 2.35. The van der Waals surface area contributed by atoms with E-state index < -0.39 is 0 Å². The molecule has 1 amide bonds. The second-order valence-corrected chi connectivity index (χ2v) is 4.65. The lowest BCUT2D eigenvalue weighted by molar-refractivity contribution is -0.115. The summed E-state index contributed by atoms with van der Waals surface area (Å²) < 4.78 is 14.2. The SMILES string of the molecule is O=C(Cc1ccccc1F)Nc1ccccc1Br. The third-order valence-corrected chi connectivity index (χ3v) is 3.15. The third kappa shape index (κ3) is 3.17. The highest BCUT2D eigenvalue weighted by molar-refractivity contribution is 9.10. The molecule has 0 atom stereocenters. The zero-order chi connectivity index (χ0) is 13.0. The number of benzene rings is 2. The van der Waals surface area contributed by atoms with Gasteiger partial charge < -0.3 is 5.32 Å². The molecule has 1 N–H and O–H groups in total. The minimum atomic E-state index is -0.361. The molecule has 0 unspecified atom stereocenters. The lowest BCUT2D eigenvalue weighted by Crippen LogP contribution is -2.15. The highest BCUT2D eigenvalue weighted by Crippen LogP contribution is 2.21. The third-order valence-electron chi connectivity index (χ3n) is 2.46. The van der Waals surface area contributed by atoms with Crippen molar-refractivity contribution >= 4 is 27.5 Å². The van der Waals surface area contributed by atoms with E-state index in [9.17, 15) is 9.18 Å². The minimum absolute atomic E-state index is 0.0218. The van der Waals surface area contributed by atoms with Crippen molar-refractivity contribution in [1.82, 2.24) is 0 Å². The predicted molar refractivity (Wildman–Crippen MR) is 72.9 cm³/mol. The van der Waals surface area contributed by atoms with Crippen LogP contribution >= 0.6 is 15.9 Å². The largest absolute Gasteiger partial charge is 0.325 e. The molecule has 0 saturated carbocycles. The number of halogens is 2. The van der Waals surface area contributed by atoms with Crippen LogP contribution in [0.2, 0.25) is 0 Å². The molecule has 18 heavy (non-hydrogen) atoms. The maximum atomic E-state index is 13.4. The van der Waals surface area contributed by atoms with Crippen LogP contribution in [-0.4, -0.2) is 5.91 Å². The van der Waals surface area contributed by atoms with Gasteiger partial charge in [0, 0.05) is 4.47 Å². The van der Waals surface area contributed by atoms with Crippen LogP contribution in [0.3, 0.4) is 0 Å². The summed E-state index contributed by atoms with van der Waals surface area (Å²) in [4.78, 5) is 11.8. The highest BCUT2D eigenvalue weighted by atomic mass is 79.9. The Morgan fingerprint density at radius 3 is 2.50 bits per heavy atom. The highest BCUT2D eigenvalue weighted by Gasteiger charge is 2.08. The van der Waals surface area contributed by atoms with Crippen molar-refractivity contribution in [3.8, 4) is 0 Å². The Morgan fingerprint density at radius 1 is 1.11 bits per heavy atom. The molecule has 92 valence electrons. The molecule has 2 nitrogen and oxygen atoms in total. The summed E-state index contributed by atoms with van der Waals surface area (Å²) in [5, 5.41) is 2.73. The molecule has 2 rings (SSSR count). The van der Waals surface area contributed by atoms with Gasteiger partial charge in [-0.05, 0) is 39.7 Å². The Labute approximate surface area is 113 Å². The van der Waals surface area contributed by atoms with E-state index >= 15 is 0 Å². The zero-order valence-electron chi connectivity index (χ0n) is 9.49. The number of carbonyl (C=O) groups is 1. The van der Waals surface area contributed by atoms with Crippen LogP contribution in [0.15, 0.2) is 53.0 Å². The average molecular weight is 308 g/mol. The molecular weight excluding hydrogens is 297 g/mol. The van der Waals surface area contributed by atoms with Crippen LogP contribution in [0.4, 0.5) is 10.1 Å². The Morgan fingerprint density at radius 2 is 1.78 bits per heavy atom. The molecule has 0 aliphatic carbocycles. The van der Waals surface area contributed by atoms with E-state index in [4.69, 9.17) is 0 Å². The standard InChI is InChI=1S/C14H11BrFNO/c15-11-6-2-4-8-13(11)17-14(18)9-10-5-1-3-7-12(10)16/h1-8H,9H2,(H,17,18). The Bertz CT molecular complexity index is 522. The van der Waals surface area contributed by atoms with Crippen molar-refractivity contribution in [3.05, 3.63) is 64.4 Å². The van der Waals surface area contributed by atoms with Gasteiger partial charge in [-0.2, -0.15) is 0 Å². The number of amides is 1. The number of hydrogen-bond acceptors (Lipinski definition) is 1. The van der Waals surface area contributed by atoms with Crippen molar-refractivity contribution in [2.24, 2.45) is 0 Å². The van der Waals surface area contributed by atoms with E-state index in [-0.39, 0.29) is 18.1 Å². The Kier molecular flexibility index (Phi) is 4.10. The quantitative estimate of drug-likeness (QED) is 0.919. The molecule has 0 heterocycles. The van der Waals surface area contributed by atoms with Gasteiger partial charge in [-0.3, -0.25) is 4.79 Å². The van der Waals surface area contributed by atoms with Crippen LogP contribution in [0.5, 0.6) is 0 Å². The van der Waals surface area contributed by atoms with E-state index in [1.54, 1.807) is 24.3 Å². The van der Waals surface area contributed by atoms with E-state index in [1.165, 1.54) is 6.07 Å². The van der Waals surface area contributed by atoms with E-state index in [1.807, 2.05) is 18.2 Å². The summed E-state index contributed by atoms with van der Waals surface area (Å²) in [6, 6.07) is 13.6. The second kappa shape index (κ2) is 5.78. The normalized spacial score (nSPS) is 10.1. The Balaban J connectivity index is 2.06. The van der Waals surface area contributed by atoms with Gasteiger partial charge in [-0.1, -0.05) is 30.3 Å². The topological polar surface area (TPSA) is 29.1 Å². The summed E-state index contributed by atoms with van der Waals surface area (Å²) in [5.41, 5.74) is 1.07. The number of rotatable bonds is 3. The minimum Gasteiger partial charge on any atom is -0.325 e. The monoisotopic (exact) mass is 307 g/mol. The van der Waals surface area contributed by atoms with Gasteiger partial charge in [-0.15, -0.1) is 0 Å². The van der Waals surface area contributed by atoms with Gasteiger partial charge in [0.15, 0.2) is 0 Å². The van der Waals surface area contributed by atoms with Gasteiger partial charge in [-0.25, -0.2) is 4.39 Å². The fourth-order valence-electron chi connectivity index (χ4n) is 1.57. The van der Waals surface area contributed by atoms with Crippen molar-refractivity contribution in [1.29, 1.82) is 0 Å². The summed E-state index contributed by atoms with van der Waals surface area (Å²) >= 11 is 3.34. The summed E-state index contributed by atoms with van der Waals surface area (Å²) in [5.74, 6) is -0.605. The van der Waals surface area contributed by atoms with E-state index in [0.717, 1.165) is 4.47 Å². The van der Waals surface area contributed by atoms with Crippen LogP contribution in [0, 0.1) is 5.82 Å². The maximum absolute atomic E-state index is 13.4. The molecule has 0 aromatic heterocycles. The van der Waals surface area contributed by atoms with Gasteiger partial charge in [0.05, 0.1) is 12.1 Å². The lowest BCUT2D eigenvalue weighted by Gasteiger charge is -2.07. The fraction of sp³-hybridized carbons (Fsp3) is 0.0714. The molecule has 0 radical (unpaired) electrons. The first-order chi connectivity index (χ1) is 8.66. The van der Waals surface area contributed by atoms with Gasteiger partial charge in [0.25, 0.3) is 0 Å². The fourth-order valence-corrected chi connectivity index (χ4v) is 1.96. The van der Waals surface area contributed by atoms with Gasteiger partial charge in [0.1, 0.15) is 5.82 Å². The number of hydrogen-bond donors (Lipinski definition) is 1. The molecule has 2 aromatic carbocycles. The number of carbonyl (C=O) groups excluding carboxylic acids is 1. The summed E-state index contributed by atoms with van der Waals surface area (Å²) in [6.07, 6.45) is 0.0218. The molecule has 0 aliphatic heterocycles. The predicted octanol–water partition coefficient (Wildman–Crippen LogP) is 3.77. The molecule has 0 bridgehead atoms. The van der Waals surface area contributed by atoms with Crippen LogP contribution < -0.4 is 5.32 Å². The van der Waals surface area contributed by atoms with Crippen LogP contribution in [0.25, 0.3) is 0 Å². The molecule has 2 aromatic rings. The molecule has 0 fully saturated rings. The first kappa shape index (κ1) is 12.8. The first-order valence-corrected chi connectivity index (χ1v) is 6.24. The number of nitrogens with one attached hydrogen (secondary N) is 1. The zero-order valence-corrected chi connectivity index (χ0v) is 11.1. The van der Waals surface area contributed by atoms with Crippen molar-refractivity contribution in [2.45, 2.75) is 6.42 Å². The molecular formula is C14H11BrFNO. The lowest BCUT2D eigenvalue weighted by atomic mass is 10.1. The smallest absolute Gasteiger partial charge is 0.228 e. The summed E-state index contributed by atoms with van der Waals surface area (Å²) in [7, 11) is 0. The first-order valence-electron chi connectivity index (χ1n) is 5.44.